The van der Waals surface area contributed by atoms with Crippen molar-refractivity contribution in [2.75, 3.05) is 6.54 Å². The van der Waals surface area contributed by atoms with Crippen LogP contribution in [0, 0.1) is 0 Å². The summed E-state index contributed by atoms with van der Waals surface area (Å²) < 4.78 is 38.1. The van der Waals surface area contributed by atoms with Crippen LogP contribution >= 0.6 is 0 Å². The molecule has 0 saturated carbocycles. The van der Waals surface area contributed by atoms with E-state index in [4.69, 9.17) is 0 Å². The number of hydrogen-bond donors (Lipinski definition) is 1. The zero-order valence-electron chi connectivity index (χ0n) is 9.19. The maximum absolute atomic E-state index is 12.7. The van der Waals surface area contributed by atoms with E-state index in [0.717, 1.165) is 6.20 Å². The number of rotatable bonds is 1. The molecular formula is C10H6F3N3O3. The van der Waals surface area contributed by atoms with E-state index < -0.39 is 41.7 Å². The summed E-state index contributed by atoms with van der Waals surface area (Å²) in [6, 6.07) is -0.421. The van der Waals surface area contributed by atoms with Gasteiger partial charge in [0.05, 0.1) is 11.1 Å². The number of pyridine rings is 1. The molecule has 1 N–H and O–H groups in total. The summed E-state index contributed by atoms with van der Waals surface area (Å²) in [6.45, 7) is -0.607. The molecule has 0 aromatic carbocycles. The minimum Gasteiger partial charge on any atom is -0.276 e. The number of amides is 4. The van der Waals surface area contributed by atoms with Gasteiger partial charge in [0, 0.05) is 12.4 Å². The summed E-state index contributed by atoms with van der Waals surface area (Å²) in [6.07, 6.45) is -3.16. The van der Waals surface area contributed by atoms with Gasteiger partial charge in [-0.3, -0.25) is 24.8 Å². The van der Waals surface area contributed by atoms with Gasteiger partial charge in [-0.2, -0.15) is 13.2 Å². The number of carbonyl (C=O) groups is 3. The highest BCUT2D eigenvalue weighted by Gasteiger charge is 2.39. The molecule has 1 saturated heterocycles. The highest BCUT2D eigenvalue weighted by Crippen LogP contribution is 2.32. The van der Waals surface area contributed by atoms with E-state index in [1.807, 2.05) is 0 Å². The molecule has 0 unspecified atom stereocenters. The topological polar surface area (TPSA) is 79.4 Å². The predicted octanol–water partition coefficient (Wildman–Crippen LogP) is 0.792. The molecule has 1 fully saturated rings. The number of imide groups is 2. The van der Waals surface area contributed by atoms with Crippen LogP contribution in [0.5, 0.6) is 0 Å². The first kappa shape index (κ1) is 13.0. The predicted molar refractivity (Wildman–Crippen MR) is 53.8 cm³/mol. The Morgan fingerprint density at radius 1 is 1.37 bits per heavy atom. The molecule has 0 aliphatic carbocycles. The number of alkyl halides is 3. The number of urea groups is 1. The maximum Gasteiger partial charge on any atom is 0.417 e. The van der Waals surface area contributed by atoms with Gasteiger partial charge in [0.15, 0.2) is 0 Å². The molecule has 0 radical (unpaired) electrons. The van der Waals surface area contributed by atoms with Gasteiger partial charge in [-0.1, -0.05) is 0 Å². The van der Waals surface area contributed by atoms with Crippen LogP contribution in [0.2, 0.25) is 0 Å². The van der Waals surface area contributed by atoms with Crippen molar-refractivity contribution in [2.45, 2.75) is 6.18 Å². The average molecular weight is 273 g/mol. The van der Waals surface area contributed by atoms with Crippen molar-refractivity contribution < 1.29 is 27.6 Å². The molecule has 1 aliphatic rings. The Morgan fingerprint density at radius 3 is 2.58 bits per heavy atom. The van der Waals surface area contributed by atoms with Gasteiger partial charge in [0.1, 0.15) is 6.54 Å². The third-order valence-electron chi connectivity index (χ3n) is 2.40. The van der Waals surface area contributed by atoms with E-state index in [1.165, 1.54) is 0 Å². The fraction of sp³-hybridized carbons (Fsp3) is 0.200. The van der Waals surface area contributed by atoms with Crippen LogP contribution in [0.15, 0.2) is 18.5 Å². The van der Waals surface area contributed by atoms with Gasteiger partial charge in [-0.05, 0) is 6.07 Å². The van der Waals surface area contributed by atoms with Crippen molar-refractivity contribution in [1.29, 1.82) is 0 Å². The Kier molecular flexibility index (Phi) is 2.97. The Hall–Kier alpha value is -2.45. The molecule has 6 nitrogen and oxygen atoms in total. The molecule has 0 bridgehead atoms. The molecule has 19 heavy (non-hydrogen) atoms. The standard InChI is InChI=1S/C10H6F3N3O3/c11-10(12,13)6-1-2-14-3-5(6)8(18)16-4-7(17)15-9(16)19/h1-3H,4H2,(H,15,17,19). The minimum atomic E-state index is -4.76. The molecular weight excluding hydrogens is 267 g/mol. The van der Waals surface area contributed by atoms with Crippen LogP contribution in [0.4, 0.5) is 18.0 Å². The lowest BCUT2D eigenvalue weighted by atomic mass is 10.1. The van der Waals surface area contributed by atoms with E-state index in [1.54, 1.807) is 5.32 Å². The summed E-state index contributed by atoms with van der Waals surface area (Å²) in [5, 5.41) is 1.80. The number of hydrogen-bond acceptors (Lipinski definition) is 4. The van der Waals surface area contributed by atoms with Gasteiger partial charge in [-0.15, -0.1) is 0 Å². The van der Waals surface area contributed by atoms with E-state index in [0.29, 0.717) is 17.2 Å². The van der Waals surface area contributed by atoms with E-state index in [-0.39, 0.29) is 0 Å². The van der Waals surface area contributed by atoms with Gasteiger partial charge in [-0.25, -0.2) is 4.79 Å². The van der Waals surface area contributed by atoms with Crippen molar-refractivity contribution in [2.24, 2.45) is 0 Å². The molecule has 2 heterocycles. The van der Waals surface area contributed by atoms with Crippen molar-refractivity contribution >= 4 is 17.8 Å². The van der Waals surface area contributed by atoms with Gasteiger partial charge in [0.2, 0.25) is 5.91 Å². The molecule has 0 atom stereocenters. The number of carbonyl (C=O) groups excluding carboxylic acids is 3. The number of nitrogens with zero attached hydrogens (tertiary/aromatic N) is 2. The van der Waals surface area contributed by atoms with Crippen LogP contribution < -0.4 is 5.32 Å². The Labute approximate surface area is 104 Å². The van der Waals surface area contributed by atoms with Crippen LogP contribution in [0.1, 0.15) is 15.9 Å². The number of halogens is 3. The third kappa shape index (κ3) is 2.39. The fourth-order valence-corrected chi connectivity index (χ4v) is 1.56. The maximum atomic E-state index is 12.7. The Bertz CT molecular complexity index is 571. The highest BCUT2D eigenvalue weighted by molar-refractivity contribution is 6.14. The SMILES string of the molecule is O=C1CN(C(=O)c2cnccc2C(F)(F)F)C(=O)N1. The molecule has 9 heteroatoms. The van der Waals surface area contributed by atoms with Crippen LogP contribution in [-0.4, -0.2) is 34.3 Å². The Morgan fingerprint density at radius 2 is 2.05 bits per heavy atom. The van der Waals surface area contributed by atoms with E-state index in [2.05, 4.69) is 4.98 Å². The first-order valence-electron chi connectivity index (χ1n) is 4.97. The number of nitrogens with one attached hydrogen (secondary N) is 1. The second kappa shape index (κ2) is 4.34. The highest BCUT2D eigenvalue weighted by atomic mass is 19.4. The summed E-state index contributed by atoms with van der Waals surface area (Å²) in [7, 11) is 0. The second-order valence-corrected chi connectivity index (χ2v) is 3.66. The monoisotopic (exact) mass is 273 g/mol. The lowest BCUT2D eigenvalue weighted by Crippen LogP contribution is -2.35. The molecule has 1 aromatic heterocycles. The van der Waals surface area contributed by atoms with Crippen LogP contribution in [0.3, 0.4) is 0 Å². The van der Waals surface area contributed by atoms with E-state index >= 15 is 0 Å². The molecule has 4 amide bonds. The van der Waals surface area contributed by atoms with Crippen molar-refractivity contribution in [3.63, 3.8) is 0 Å². The fourth-order valence-electron chi connectivity index (χ4n) is 1.56. The minimum absolute atomic E-state index is 0.397. The number of aromatic nitrogens is 1. The quantitative estimate of drug-likeness (QED) is 0.767. The summed E-state index contributed by atoms with van der Waals surface area (Å²) >= 11 is 0. The largest absolute Gasteiger partial charge is 0.417 e. The molecule has 0 spiro atoms. The van der Waals surface area contributed by atoms with Crippen LogP contribution in [-0.2, 0) is 11.0 Å². The van der Waals surface area contributed by atoms with Gasteiger partial charge >= 0.3 is 12.2 Å². The lowest BCUT2D eigenvalue weighted by molar-refractivity contribution is -0.138. The lowest BCUT2D eigenvalue weighted by Gasteiger charge is -2.15. The Balaban J connectivity index is 2.40. The molecule has 2 rings (SSSR count). The van der Waals surface area contributed by atoms with Gasteiger partial charge in [0.25, 0.3) is 5.91 Å². The summed E-state index contributed by atoms with van der Waals surface area (Å²) in [5.74, 6) is -1.97. The van der Waals surface area contributed by atoms with Crippen molar-refractivity contribution in [1.82, 2.24) is 15.2 Å². The van der Waals surface area contributed by atoms with Crippen molar-refractivity contribution in [3.05, 3.63) is 29.6 Å². The normalized spacial score (nSPS) is 15.6. The molecule has 1 aliphatic heterocycles. The second-order valence-electron chi connectivity index (χ2n) is 3.66. The molecule has 1 aromatic rings. The molecule has 100 valence electrons. The summed E-state index contributed by atoms with van der Waals surface area (Å²) in [4.78, 5) is 37.8. The summed E-state index contributed by atoms with van der Waals surface area (Å²) in [5.41, 5.74) is -1.99. The first-order valence-corrected chi connectivity index (χ1v) is 4.97. The van der Waals surface area contributed by atoms with Gasteiger partial charge < -0.3 is 0 Å². The van der Waals surface area contributed by atoms with E-state index in [9.17, 15) is 27.6 Å². The zero-order valence-corrected chi connectivity index (χ0v) is 9.19. The zero-order chi connectivity index (χ0) is 14.2. The van der Waals surface area contributed by atoms with Crippen molar-refractivity contribution in [3.8, 4) is 0 Å². The van der Waals surface area contributed by atoms with Crippen LogP contribution in [0.25, 0.3) is 0 Å². The third-order valence-corrected chi connectivity index (χ3v) is 2.40. The smallest absolute Gasteiger partial charge is 0.276 e. The average Bonchev–Trinajstić information content (AvgIpc) is 2.66. The first-order chi connectivity index (χ1) is 8.80.